The second kappa shape index (κ2) is 5.18. The van der Waals surface area contributed by atoms with E-state index in [9.17, 15) is 18.0 Å². The molecule has 0 unspecified atom stereocenters. The lowest BCUT2D eigenvalue weighted by atomic mass is 9.96. The summed E-state index contributed by atoms with van der Waals surface area (Å²) in [5.41, 5.74) is 5.63. The number of aromatic nitrogens is 1. The van der Waals surface area contributed by atoms with E-state index in [1.807, 2.05) is 0 Å². The molecule has 0 spiro atoms. The molecule has 0 aromatic carbocycles. The smallest absolute Gasteiger partial charge is 0.391 e. The van der Waals surface area contributed by atoms with E-state index in [0.717, 1.165) is 0 Å². The summed E-state index contributed by atoms with van der Waals surface area (Å²) in [6.07, 6.45) is -2.97. The Kier molecular flexibility index (Phi) is 3.74. The summed E-state index contributed by atoms with van der Waals surface area (Å²) < 4.78 is 37.8. The molecule has 110 valence electrons. The number of piperidine rings is 1. The maximum absolute atomic E-state index is 12.6. The molecule has 0 amide bonds. The van der Waals surface area contributed by atoms with Crippen molar-refractivity contribution in [2.75, 3.05) is 23.7 Å². The van der Waals surface area contributed by atoms with Gasteiger partial charge in [0.1, 0.15) is 0 Å². The molecule has 0 radical (unpaired) electrons. The van der Waals surface area contributed by atoms with Gasteiger partial charge in [0.2, 0.25) is 0 Å². The van der Waals surface area contributed by atoms with Crippen LogP contribution in [0.3, 0.4) is 0 Å². The summed E-state index contributed by atoms with van der Waals surface area (Å²) in [5.74, 6) is -2.26. The molecule has 5 nitrogen and oxygen atoms in total. The van der Waals surface area contributed by atoms with Gasteiger partial charge in [-0.05, 0) is 18.9 Å². The van der Waals surface area contributed by atoms with Crippen molar-refractivity contribution in [2.45, 2.75) is 19.0 Å². The van der Waals surface area contributed by atoms with Gasteiger partial charge < -0.3 is 15.7 Å². The van der Waals surface area contributed by atoms with Crippen molar-refractivity contribution in [1.29, 1.82) is 0 Å². The molecule has 1 aromatic heterocycles. The van der Waals surface area contributed by atoms with Gasteiger partial charge in [0, 0.05) is 19.3 Å². The highest BCUT2D eigenvalue weighted by Crippen LogP contribution is 2.36. The zero-order valence-electron chi connectivity index (χ0n) is 10.5. The number of carbonyl (C=O) groups is 1. The van der Waals surface area contributed by atoms with Crippen LogP contribution in [-0.2, 0) is 0 Å². The van der Waals surface area contributed by atoms with Crippen molar-refractivity contribution in [3.63, 3.8) is 0 Å². The quantitative estimate of drug-likeness (QED) is 0.872. The molecule has 0 atom stereocenters. The Bertz CT molecular complexity index is 511. The normalized spacial score (nSPS) is 17.2. The van der Waals surface area contributed by atoms with Crippen LogP contribution in [-0.4, -0.2) is 35.3 Å². The Morgan fingerprint density at radius 1 is 1.40 bits per heavy atom. The van der Waals surface area contributed by atoms with Gasteiger partial charge in [-0.25, -0.2) is 9.78 Å². The lowest BCUT2D eigenvalue weighted by Crippen LogP contribution is -2.39. The Morgan fingerprint density at radius 3 is 2.50 bits per heavy atom. The Labute approximate surface area is 113 Å². The minimum atomic E-state index is -4.19. The highest BCUT2D eigenvalue weighted by molar-refractivity contribution is 5.96. The van der Waals surface area contributed by atoms with Gasteiger partial charge in [0.05, 0.1) is 17.2 Å². The third-order valence-electron chi connectivity index (χ3n) is 3.46. The minimum Gasteiger partial charge on any atom is -0.478 e. The fourth-order valence-corrected chi connectivity index (χ4v) is 2.32. The molecule has 1 aliphatic rings. The van der Waals surface area contributed by atoms with E-state index in [2.05, 4.69) is 4.98 Å². The van der Waals surface area contributed by atoms with E-state index >= 15 is 0 Å². The summed E-state index contributed by atoms with van der Waals surface area (Å²) in [4.78, 5) is 16.6. The van der Waals surface area contributed by atoms with Crippen LogP contribution in [0.25, 0.3) is 0 Å². The van der Waals surface area contributed by atoms with Crippen LogP contribution in [0, 0.1) is 5.92 Å². The Balaban J connectivity index is 2.15. The number of pyridine rings is 1. The number of carboxylic acid groups (broad SMARTS) is 1. The number of nitrogens with two attached hydrogens (primary N) is 1. The molecule has 1 aromatic rings. The van der Waals surface area contributed by atoms with Crippen molar-refractivity contribution in [1.82, 2.24) is 4.98 Å². The summed E-state index contributed by atoms with van der Waals surface area (Å²) in [6, 6.07) is 1.27. The summed E-state index contributed by atoms with van der Waals surface area (Å²) in [5, 5.41) is 8.96. The van der Waals surface area contributed by atoms with E-state index in [1.165, 1.54) is 12.3 Å². The topological polar surface area (TPSA) is 79.5 Å². The SMILES string of the molecule is Nc1c(C(=O)O)ccnc1N1CCC(C(F)(F)F)CC1. The number of carboxylic acids is 1. The first-order chi connectivity index (χ1) is 9.30. The van der Waals surface area contributed by atoms with Gasteiger partial charge in [-0.15, -0.1) is 0 Å². The number of alkyl halides is 3. The largest absolute Gasteiger partial charge is 0.478 e. The van der Waals surface area contributed by atoms with Gasteiger partial charge >= 0.3 is 12.1 Å². The van der Waals surface area contributed by atoms with Crippen molar-refractivity contribution in [3.05, 3.63) is 17.8 Å². The monoisotopic (exact) mass is 289 g/mol. The molecule has 8 heteroatoms. The van der Waals surface area contributed by atoms with Gasteiger partial charge in [0.15, 0.2) is 5.82 Å². The first-order valence-corrected chi connectivity index (χ1v) is 6.10. The van der Waals surface area contributed by atoms with Crippen LogP contribution in [0.15, 0.2) is 12.3 Å². The fourth-order valence-electron chi connectivity index (χ4n) is 2.32. The number of nitrogen functional groups attached to an aromatic ring is 1. The minimum absolute atomic E-state index is 0.00883. The molecule has 1 aliphatic heterocycles. The van der Waals surface area contributed by atoms with Crippen LogP contribution in [0.2, 0.25) is 0 Å². The number of aromatic carboxylic acids is 1. The summed E-state index contributed by atoms with van der Waals surface area (Å²) in [7, 11) is 0. The summed E-state index contributed by atoms with van der Waals surface area (Å²) >= 11 is 0. The Hall–Kier alpha value is -1.99. The van der Waals surface area contributed by atoms with E-state index in [-0.39, 0.29) is 43.0 Å². The fraction of sp³-hybridized carbons (Fsp3) is 0.500. The van der Waals surface area contributed by atoms with Gasteiger partial charge in [-0.1, -0.05) is 0 Å². The standard InChI is InChI=1S/C12H14F3N3O2/c13-12(14,15)7-2-5-18(6-3-7)10-9(16)8(11(19)20)1-4-17-10/h1,4,7H,2-3,5-6,16H2,(H,19,20). The lowest BCUT2D eigenvalue weighted by molar-refractivity contribution is -0.179. The van der Waals surface area contributed by atoms with Crippen molar-refractivity contribution >= 4 is 17.5 Å². The number of hydrogen-bond acceptors (Lipinski definition) is 4. The lowest BCUT2D eigenvalue weighted by Gasteiger charge is -2.34. The molecule has 0 saturated carbocycles. The predicted octanol–water partition coefficient (Wildman–Crippen LogP) is 2.14. The molecular formula is C12H14F3N3O2. The zero-order valence-corrected chi connectivity index (χ0v) is 10.5. The van der Waals surface area contributed by atoms with Gasteiger partial charge in [0.25, 0.3) is 0 Å². The number of hydrogen-bond donors (Lipinski definition) is 2. The van der Waals surface area contributed by atoms with E-state index in [1.54, 1.807) is 4.90 Å². The maximum Gasteiger partial charge on any atom is 0.391 e. The Morgan fingerprint density at radius 2 is 2.00 bits per heavy atom. The van der Waals surface area contributed by atoms with Crippen LogP contribution < -0.4 is 10.6 Å². The second-order valence-corrected chi connectivity index (χ2v) is 4.70. The van der Waals surface area contributed by atoms with Crippen molar-refractivity contribution in [2.24, 2.45) is 5.92 Å². The molecule has 0 bridgehead atoms. The van der Waals surface area contributed by atoms with Crippen LogP contribution in [0.5, 0.6) is 0 Å². The number of halogens is 3. The first kappa shape index (κ1) is 14.4. The van der Waals surface area contributed by atoms with Crippen LogP contribution in [0.1, 0.15) is 23.2 Å². The molecule has 1 fully saturated rings. The third kappa shape index (κ3) is 2.78. The predicted molar refractivity (Wildman–Crippen MR) is 66.6 cm³/mol. The first-order valence-electron chi connectivity index (χ1n) is 6.10. The molecule has 1 saturated heterocycles. The average Bonchev–Trinajstić information content (AvgIpc) is 2.38. The highest BCUT2D eigenvalue weighted by atomic mass is 19.4. The second-order valence-electron chi connectivity index (χ2n) is 4.70. The van der Waals surface area contributed by atoms with Crippen LogP contribution in [0.4, 0.5) is 24.7 Å². The number of nitrogens with zero attached hydrogens (tertiary/aromatic N) is 2. The molecular weight excluding hydrogens is 275 g/mol. The van der Waals surface area contributed by atoms with Crippen molar-refractivity contribution < 1.29 is 23.1 Å². The van der Waals surface area contributed by atoms with Crippen molar-refractivity contribution in [3.8, 4) is 0 Å². The average molecular weight is 289 g/mol. The maximum atomic E-state index is 12.6. The van der Waals surface area contributed by atoms with Gasteiger partial charge in [-0.3, -0.25) is 0 Å². The highest BCUT2D eigenvalue weighted by Gasteiger charge is 2.41. The molecule has 0 aliphatic carbocycles. The summed E-state index contributed by atoms with van der Waals surface area (Å²) in [6.45, 7) is 0.314. The van der Waals surface area contributed by atoms with E-state index in [0.29, 0.717) is 0 Å². The van der Waals surface area contributed by atoms with E-state index < -0.39 is 18.1 Å². The molecule has 20 heavy (non-hydrogen) atoms. The molecule has 3 N–H and O–H groups in total. The number of anilines is 2. The molecule has 2 heterocycles. The van der Waals surface area contributed by atoms with Crippen LogP contribution >= 0.6 is 0 Å². The third-order valence-corrected chi connectivity index (χ3v) is 3.46. The number of rotatable bonds is 2. The van der Waals surface area contributed by atoms with E-state index in [4.69, 9.17) is 10.8 Å². The van der Waals surface area contributed by atoms with Gasteiger partial charge in [-0.2, -0.15) is 13.2 Å². The zero-order chi connectivity index (χ0) is 14.9. The molecule has 2 rings (SSSR count).